The van der Waals surface area contributed by atoms with Crippen LogP contribution < -0.4 is 0 Å². The molecule has 1 aromatic heterocycles. The maximum atomic E-state index is 12.3. The molecule has 0 saturated carbocycles. The third-order valence-electron chi connectivity index (χ3n) is 3.07. The minimum absolute atomic E-state index is 0.194. The molecule has 1 saturated heterocycles. The van der Waals surface area contributed by atoms with Crippen molar-refractivity contribution in [2.45, 2.75) is 25.3 Å². The van der Waals surface area contributed by atoms with Gasteiger partial charge in [0.15, 0.2) is 0 Å². The molecule has 1 fully saturated rings. The molecule has 6 heteroatoms. The average Bonchev–Trinajstić information content (AvgIpc) is 2.46. The van der Waals surface area contributed by atoms with Gasteiger partial charge in [0.05, 0.1) is 25.1 Å². The van der Waals surface area contributed by atoms with Crippen molar-refractivity contribution < 1.29 is 14.3 Å². The molecular formula is C12H15N3O3. The first-order valence-electron chi connectivity index (χ1n) is 5.89. The molecular weight excluding hydrogens is 234 g/mol. The summed E-state index contributed by atoms with van der Waals surface area (Å²) in [6.45, 7) is 0.570. The molecule has 1 atom stereocenters. The lowest BCUT2D eigenvalue weighted by atomic mass is 10.0. The summed E-state index contributed by atoms with van der Waals surface area (Å²) in [4.78, 5) is 25.5. The third-order valence-corrected chi connectivity index (χ3v) is 3.07. The Labute approximate surface area is 105 Å². The molecule has 2 rings (SSSR count). The maximum Gasteiger partial charge on any atom is 0.328 e. The number of amides is 1. The largest absolute Gasteiger partial charge is 0.467 e. The SMILES string of the molecule is COC(=O)[C@H]1CCCCN1C(=O)c1ccnnc1. The van der Waals surface area contributed by atoms with Crippen molar-refractivity contribution >= 4 is 11.9 Å². The number of likely N-dealkylation sites (tertiary alicyclic amines) is 1. The van der Waals surface area contributed by atoms with Crippen molar-refractivity contribution in [2.24, 2.45) is 0 Å². The predicted octanol–water partition coefficient (Wildman–Crippen LogP) is 0.644. The number of carbonyl (C=O) groups is 2. The Morgan fingerprint density at radius 1 is 1.39 bits per heavy atom. The van der Waals surface area contributed by atoms with E-state index in [0.29, 0.717) is 18.5 Å². The van der Waals surface area contributed by atoms with E-state index in [1.807, 2.05) is 0 Å². The number of piperidine rings is 1. The Hall–Kier alpha value is -1.98. The molecule has 1 aliphatic heterocycles. The lowest BCUT2D eigenvalue weighted by Gasteiger charge is -2.33. The van der Waals surface area contributed by atoms with Crippen LogP contribution in [-0.4, -0.2) is 46.7 Å². The first kappa shape index (κ1) is 12.5. The van der Waals surface area contributed by atoms with Crippen LogP contribution in [0.25, 0.3) is 0 Å². The molecule has 0 bridgehead atoms. The number of aromatic nitrogens is 2. The molecule has 2 heterocycles. The summed E-state index contributed by atoms with van der Waals surface area (Å²) >= 11 is 0. The average molecular weight is 249 g/mol. The summed E-state index contributed by atoms with van der Waals surface area (Å²) in [6.07, 6.45) is 5.35. The highest BCUT2D eigenvalue weighted by Gasteiger charge is 2.33. The van der Waals surface area contributed by atoms with E-state index in [0.717, 1.165) is 12.8 Å². The second-order valence-corrected chi connectivity index (χ2v) is 4.16. The minimum Gasteiger partial charge on any atom is -0.467 e. The number of esters is 1. The van der Waals surface area contributed by atoms with Crippen molar-refractivity contribution in [3.63, 3.8) is 0 Å². The number of ether oxygens (including phenoxy) is 1. The van der Waals surface area contributed by atoms with Gasteiger partial charge in [-0.15, -0.1) is 0 Å². The van der Waals surface area contributed by atoms with Crippen molar-refractivity contribution in [3.05, 3.63) is 24.0 Å². The quantitative estimate of drug-likeness (QED) is 0.719. The lowest BCUT2D eigenvalue weighted by molar-refractivity contribution is -0.147. The van der Waals surface area contributed by atoms with Gasteiger partial charge in [-0.3, -0.25) is 4.79 Å². The van der Waals surface area contributed by atoms with E-state index in [2.05, 4.69) is 10.2 Å². The van der Waals surface area contributed by atoms with E-state index >= 15 is 0 Å². The second kappa shape index (κ2) is 5.57. The minimum atomic E-state index is -0.482. The number of nitrogens with zero attached hydrogens (tertiary/aromatic N) is 3. The van der Waals surface area contributed by atoms with Gasteiger partial charge in [-0.05, 0) is 25.3 Å². The monoisotopic (exact) mass is 249 g/mol. The fraction of sp³-hybridized carbons (Fsp3) is 0.500. The third kappa shape index (κ3) is 2.47. The highest BCUT2D eigenvalue weighted by atomic mass is 16.5. The van der Waals surface area contributed by atoms with Gasteiger partial charge in [-0.25, -0.2) is 4.79 Å². The van der Waals surface area contributed by atoms with E-state index in [4.69, 9.17) is 4.74 Å². The standard InChI is InChI=1S/C12H15N3O3/c1-18-12(17)10-4-2-3-7-15(10)11(16)9-5-6-13-14-8-9/h5-6,8,10H,2-4,7H2,1H3/t10-/m1/s1. The zero-order chi connectivity index (χ0) is 13.0. The van der Waals surface area contributed by atoms with E-state index in [9.17, 15) is 9.59 Å². The molecule has 0 spiro atoms. The molecule has 6 nitrogen and oxygen atoms in total. The number of methoxy groups -OCH3 is 1. The summed E-state index contributed by atoms with van der Waals surface area (Å²) < 4.78 is 4.75. The van der Waals surface area contributed by atoms with Crippen molar-refractivity contribution in [1.82, 2.24) is 15.1 Å². The van der Waals surface area contributed by atoms with Gasteiger partial charge in [0.2, 0.25) is 0 Å². The Balaban J connectivity index is 2.19. The molecule has 96 valence electrons. The maximum absolute atomic E-state index is 12.3. The van der Waals surface area contributed by atoms with Crippen LogP contribution in [0.15, 0.2) is 18.5 Å². The van der Waals surface area contributed by atoms with Crippen molar-refractivity contribution in [1.29, 1.82) is 0 Å². The highest BCUT2D eigenvalue weighted by molar-refractivity contribution is 5.96. The Morgan fingerprint density at radius 2 is 2.22 bits per heavy atom. The van der Waals surface area contributed by atoms with Gasteiger partial charge in [0, 0.05) is 6.54 Å². The van der Waals surface area contributed by atoms with Gasteiger partial charge >= 0.3 is 5.97 Å². The van der Waals surface area contributed by atoms with E-state index in [1.165, 1.54) is 19.5 Å². The summed E-state index contributed by atoms with van der Waals surface area (Å²) in [7, 11) is 1.34. The molecule has 18 heavy (non-hydrogen) atoms. The smallest absolute Gasteiger partial charge is 0.328 e. The molecule has 0 aliphatic carbocycles. The van der Waals surface area contributed by atoms with Gasteiger partial charge in [0.25, 0.3) is 5.91 Å². The summed E-state index contributed by atoms with van der Waals surface area (Å²) in [5.41, 5.74) is 0.445. The number of hydrogen-bond donors (Lipinski definition) is 0. The van der Waals surface area contributed by atoms with Gasteiger partial charge in [-0.1, -0.05) is 0 Å². The highest BCUT2D eigenvalue weighted by Crippen LogP contribution is 2.20. The Bertz CT molecular complexity index is 435. The summed E-state index contributed by atoms with van der Waals surface area (Å²) in [6, 6.07) is 1.11. The molecule has 0 radical (unpaired) electrons. The normalized spacial score (nSPS) is 19.4. The molecule has 0 unspecified atom stereocenters. The topological polar surface area (TPSA) is 72.4 Å². The van der Waals surface area contributed by atoms with E-state index < -0.39 is 6.04 Å². The Kier molecular flexibility index (Phi) is 3.86. The Morgan fingerprint density at radius 3 is 2.89 bits per heavy atom. The summed E-state index contributed by atoms with van der Waals surface area (Å²) in [5, 5.41) is 7.31. The van der Waals surface area contributed by atoms with E-state index in [1.54, 1.807) is 11.0 Å². The van der Waals surface area contributed by atoms with Crippen LogP contribution >= 0.6 is 0 Å². The van der Waals surface area contributed by atoms with Crippen molar-refractivity contribution in [3.8, 4) is 0 Å². The van der Waals surface area contributed by atoms with Gasteiger partial charge in [-0.2, -0.15) is 10.2 Å². The van der Waals surface area contributed by atoms with Crippen LogP contribution in [0.5, 0.6) is 0 Å². The number of hydrogen-bond acceptors (Lipinski definition) is 5. The van der Waals surface area contributed by atoms with Crippen LogP contribution in [0.1, 0.15) is 29.6 Å². The molecule has 1 aromatic rings. The van der Waals surface area contributed by atoms with Crippen LogP contribution in [0, 0.1) is 0 Å². The summed E-state index contributed by atoms with van der Waals surface area (Å²) in [5.74, 6) is -0.551. The molecule has 0 N–H and O–H groups in total. The number of carbonyl (C=O) groups excluding carboxylic acids is 2. The fourth-order valence-corrected chi connectivity index (χ4v) is 2.14. The van der Waals surface area contributed by atoms with Crippen LogP contribution in [0.4, 0.5) is 0 Å². The molecule has 1 aliphatic rings. The fourth-order valence-electron chi connectivity index (χ4n) is 2.14. The van der Waals surface area contributed by atoms with Gasteiger partial charge < -0.3 is 9.64 Å². The number of rotatable bonds is 2. The van der Waals surface area contributed by atoms with Crippen LogP contribution in [-0.2, 0) is 9.53 Å². The van der Waals surface area contributed by atoms with Crippen molar-refractivity contribution in [2.75, 3.05) is 13.7 Å². The molecule has 1 amide bonds. The van der Waals surface area contributed by atoms with Crippen LogP contribution in [0.2, 0.25) is 0 Å². The first-order valence-corrected chi connectivity index (χ1v) is 5.89. The second-order valence-electron chi connectivity index (χ2n) is 4.16. The lowest BCUT2D eigenvalue weighted by Crippen LogP contribution is -2.48. The van der Waals surface area contributed by atoms with Gasteiger partial charge in [0.1, 0.15) is 6.04 Å². The zero-order valence-corrected chi connectivity index (χ0v) is 10.2. The molecule has 0 aromatic carbocycles. The van der Waals surface area contributed by atoms with Crippen LogP contribution in [0.3, 0.4) is 0 Å². The first-order chi connectivity index (χ1) is 8.74. The predicted molar refractivity (Wildman–Crippen MR) is 62.7 cm³/mol. The zero-order valence-electron chi connectivity index (χ0n) is 10.2. The van der Waals surface area contributed by atoms with E-state index in [-0.39, 0.29) is 11.9 Å².